The van der Waals surface area contributed by atoms with Crippen LogP contribution in [-0.4, -0.2) is 72.5 Å². The third kappa shape index (κ3) is 3.32. The molecule has 4 fully saturated rings. The Balaban J connectivity index is 1.12. The Morgan fingerprint density at radius 1 is 1.06 bits per heavy atom. The molecule has 5 aliphatic rings. The number of anilines is 4. The number of nitrogens with zero attached hydrogens (tertiary/aromatic N) is 5. The van der Waals surface area contributed by atoms with Gasteiger partial charge in [0.05, 0.1) is 0 Å². The summed E-state index contributed by atoms with van der Waals surface area (Å²) in [4.78, 5) is 42.6. The van der Waals surface area contributed by atoms with E-state index in [2.05, 4.69) is 56.7 Å². The zero-order valence-electron chi connectivity index (χ0n) is 20.8. The molecule has 0 unspecified atom stereocenters. The quantitative estimate of drug-likeness (QED) is 0.640. The molecule has 0 bridgehead atoms. The number of benzene rings is 1. The fraction of sp³-hybridized carbons (Fsp3) is 0.556. The van der Waals surface area contributed by atoms with Crippen LogP contribution in [0.5, 0.6) is 0 Å². The molecular weight excluding hydrogens is 454 g/mol. The maximum absolute atomic E-state index is 13.8. The maximum Gasteiger partial charge on any atom is 0.244 e. The first-order valence-electron chi connectivity index (χ1n) is 13.2. The van der Waals surface area contributed by atoms with Gasteiger partial charge in [0, 0.05) is 73.7 Å². The van der Waals surface area contributed by atoms with E-state index in [0.29, 0.717) is 36.6 Å². The molecule has 1 aromatic carbocycles. The van der Waals surface area contributed by atoms with E-state index in [4.69, 9.17) is 4.98 Å². The number of nitrogens with one attached hydrogen (secondary N) is 2. The topological polar surface area (TPSA) is 93.7 Å². The highest BCUT2D eigenvalue weighted by molar-refractivity contribution is 6.14. The number of aromatic nitrogens is 2. The van der Waals surface area contributed by atoms with Gasteiger partial charge in [0.2, 0.25) is 17.8 Å². The molecule has 36 heavy (non-hydrogen) atoms. The zero-order valence-corrected chi connectivity index (χ0v) is 20.8. The molecular formula is C27H33N7O2. The minimum absolute atomic E-state index is 0.0871. The number of likely N-dealkylation sites (tertiary alicyclic amines) is 1. The highest BCUT2D eigenvalue weighted by atomic mass is 16.2. The van der Waals surface area contributed by atoms with Crippen LogP contribution in [0.4, 0.5) is 23.1 Å². The van der Waals surface area contributed by atoms with Gasteiger partial charge in [-0.3, -0.25) is 14.5 Å². The summed E-state index contributed by atoms with van der Waals surface area (Å²) < 4.78 is 0. The van der Waals surface area contributed by atoms with E-state index in [1.807, 2.05) is 4.90 Å². The number of carbonyl (C=O) groups is 2. The van der Waals surface area contributed by atoms with Crippen LogP contribution < -0.4 is 20.4 Å². The van der Waals surface area contributed by atoms with Gasteiger partial charge in [-0.15, -0.1) is 0 Å². The number of hydrogen-bond acceptors (Lipinski definition) is 7. The summed E-state index contributed by atoms with van der Waals surface area (Å²) in [5.74, 6) is 0.906. The van der Waals surface area contributed by atoms with E-state index in [-0.39, 0.29) is 17.9 Å². The van der Waals surface area contributed by atoms with E-state index in [1.165, 1.54) is 18.8 Å². The second-order valence-corrected chi connectivity index (χ2v) is 11.6. The van der Waals surface area contributed by atoms with Crippen molar-refractivity contribution >= 4 is 35.0 Å². The number of hydrogen-bond donors (Lipinski definition) is 2. The lowest BCUT2D eigenvalue weighted by Crippen LogP contribution is -2.71. The van der Waals surface area contributed by atoms with Crippen LogP contribution in [0, 0.1) is 10.8 Å². The molecule has 1 aliphatic carbocycles. The Kier molecular flexibility index (Phi) is 4.83. The first kappa shape index (κ1) is 22.0. The smallest absolute Gasteiger partial charge is 0.244 e. The molecule has 2 amide bonds. The van der Waals surface area contributed by atoms with Crippen LogP contribution in [0.3, 0.4) is 0 Å². The van der Waals surface area contributed by atoms with E-state index < -0.39 is 5.41 Å². The number of rotatable bonds is 4. The molecule has 1 atom stereocenters. The Bertz CT molecular complexity index is 1210. The van der Waals surface area contributed by atoms with Crippen LogP contribution in [0.25, 0.3) is 0 Å². The molecule has 7 rings (SSSR count). The lowest BCUT2D eigenvalue weighted by atomic mass is 9.73. The first-order valence-corrected chi connectivity index (χ1v) is 13.2. The van der Waals surface area contributed by atoms with Gasteiger partial charge in [-0.25, -0.2) is 4.98 Å². The fourth-order valence-electron chi connectivity index (χ4n) is 7.19. The fourth-order valence-corrected chi connectivity index (χ4v) is 7.19. The van der Waals surface area contributed by atoms with Crippen LogP contribution >= 0.6 is 0 Å². The van der Waals surface area contributed by atoms with Gasteiger partial charge in [-0.05, 0) is 50.6 Å². The lowest BCUT2D eigenvalue weighted by Gasteiger charge is -2.60. The van der Waals surface area contributed by atoms with Crippen molar-refractivity contribution < 1.29 is 9.59 Å². The first-order chi connectivity index (χ1) is 17.4. The Labute approximate surface area is 211 Å². The molecule has 9 heteroatoms. The predicted molar refractivity (Wildman–Crippen MR) is 137 cm³/mol. The van der Waals surface area contributed by atoms with Crippen molar-refractivity contribution in [2.45, 2.75) is 44.6 Å². The highest BCUT2D eigenvalue weighted by Crippen LogP contribution is 2.45. The molecule has 2 spiro atoms. The number of carbonyl (C=O) groups excluding carboxylic acids is 2. The second-order valence-electron chi connectivity index (χ2n) is 11.6. The molecule has 2 aromatic rings. The van der Waals surface area contributed by atoms with Crippen LogP contribution in [0.15, 0.2) is 30.5 Å². The molecule has 5 heterocycles. The average molecular weight is 488 g/mol. The van der Waals surface area contributed by atoms with Gasteiger partial charge in [0.25, 0.3) is 0 Å². The van der Waals surface area contributed by atoms with E-state index in [0.717, 1.165) is 50.0 Å². The second kappa shape index (κ2) is 7.90. The van der Waals surface area contributed by atoms with E-state index >= 15 is 0 Å². The minimum Gasteiger partial charge on any atom is -0.370 e. The molecule has 1 saturated carbocycles. The Morgan fingerprint density at radius 3 is 2.47 bits per heavy atom. The molecule has 4 aliphatic heterocycles. The molecule has 1 aromatic heterocycles. The van der Waals surface area contributed by atoms with Crippen molar-refractivity contribution in [3.05, 3.63) is 36.0 Å². The van der Waals surface area contributed by atoms with E-state index in [1.54, 1.807) is 6.20 Å². The van der Waals surface area contributed by atoms with Crippen LogP contribution in [-0.2, 0) is 16.0 Å². The third-order valence-electron chi connectivity index (χ3n) is 8.90. The van der Waals surface area contributed by atoms with E-state index in [9.17, 15) is 9.59 Å². The average Bonchev–Trinajstić information content (AvgIpc) is 3.48. The van der Waals surface area contributed by atoms with Crippen LogP contribution in [0.2, 0.25) is 0 Å². The number of fused-ring (bicyclic) bond motifs is 1. The summed E-state index contributed by atoms with van der Waals surface area (Å²) in [5, 5.41) is 6.22. The zero-order chi connectivity index (χ0) is 24.5. The van der Waals surface area contributed by atoms with Crippen molar-refractivity contribution in [2.24, 2.45) is 10.8 Å². The summed E-state index contributed by atoms with van der Waals surface area (Å²) in [6.45, 7) is 5.20. The lowest BCUT2D eigenvalue weighted by molar-refractivity contribution is -0.140. The predicted octanol–water partition coefficient (Wildman–Crippen LogP) is 2.31. The third-order valence-corrected chi connectivity index (χ3v) is 8.90. The van der Waals surface area contributed by atoms with Gasteiger partial charge in [0.15, 0.2) is 0 Å². The maximum atomic E-state index is 13.8. The van der Waals surface area contributed by atoms with Crippen LogP contribution in [0.1, 0.15) is 37.7 Å². The normalized spacial score (nSPS) is 27.2. The molecule has 0 radical (unpaired) electrons. The largest absolute Gasteiger partial charge is 0.370 e. The summed E-state index contributed by atoms with van der Waals surface area (Å²) >= 11 is 0. The SMILES string of the molecule is CN1CC2(C1)CN(c1ccc(Nc3ncc4c(n3)N(C3CCCC3)C(=O)[C@]3(CCNC3=O)C4)cc1)C2. The van der Waals surface area contributed by atoms with Gasteiger partial charge in [-0.2, -0.15) is 4.98 Å². The monoisotopic (exact) mass is 487 g/mol. The highest BCUT2D eigenvalue weighted by Gasteiger charge is 2.56. The summed E-state index contributed by atoms with van der Waals surface area (Å²) in [7, 11) is 2.18. The van der Waals surface area contributed by atoms with Crippen molar-refractivity contribution in [3.8, 4) is 0 Å². The minimum atomic E-state index is -1.01. The van der Waals surface area contributed by atoms with Crippen molar-refractivity contribution in [1.82, 2.24) is 20.2 Å². The van der Waals surface area contributed by atoms with Gasteiger partial charge < -0.3 is 20.4 Å². The molecule has 9 nitrogen and oxygen atoms in total. The van der Waals surface area contributed by atoms with Crippen molar-refractivity contribution in [3.63, 3.8) is 0 Å². The van der Waals surface area contributed by atoms with Gasteiger partial charge in [-0.1, -0.05) is 12.8 Å². The Hall–Kier alpha value is -3.20. The molecule has 3 saturated heterocycles. The Morgan fingerprint density at radius 2 is 1.81 bits per heavy atom. The summed E-state index contributed by atoms with van der Waals surface area (Å²) in [6.07, 6.45) is 6.81. The number of amides is 2. The van der Waals surface area contributed by atoms with Crippen molar-refractivity contribution in [1.29, 1.82) is 0 Å². The standard InChI is InChI=1S/C27H33N7O2/c1-32-14-26(15-32)16-33(17-26)20-8-6-19(7-9-20)30-25-29-13-18-12-27(10-11-28-23(27)35)24(36)34(22(18)31-25)21-4-2-3-5-21/h6-9,13,21H,2-5,10-12,14-17H2,1H3,(H,28,35)(H,29,30,31)/t27-/m1/s1. The molecule has 2 N–H and O–H groups in total. The summed E-state index contributed by atoms with van der Waals surface area (Å²) in [6, 6.07) is 8.51. The van der Waals surface area contributed by atoms with Gasteiger partial charge >= 0.3 is 0 Å². The molecule has 188 valence electrons. The van der Waals surface area contributed by atoms with Crippen molar-refractivity contribution in [2.75, 3.05) is 54.9 Å². The van der Waals surface area contributed by atoms with Gasteiger partial charge in [0.1, 0.15) is 11.2 Å². The summed E-state index contributed by atoms with van der Waals surface area (Å²) in [5.41, 5.74) is 2.54.